The highest BCUT2D eigenvalue weighted by atomic mass is 14.7. The Morgan fingerprint density at radius 3 is 2.80 bits per heavy atom. The minimum Gasteiger partial charge on any atom is -0.261 e. The Kier molecular flexibility index (Phi) is 7.69. The van der Waals surface area contributed by atoms with E-state index >= 15 is 0 Å². The van der Waals surface area contributed by atoms with Gasteiger partial charge < -0.3 is 0 Å². The Labute approximate surface area is 124 Å². The Balaban J connectivity index is 2.90. The molecular formula is C19H27N. The Morgan fingerprint density at radius 2 is 2.10 bits per heavy atom. The second-order valence-corrected chi connectivity index (χ2v) is 5.61. The van der Waals surface area contributed by atoms with Crippen molar-refractivity contribution in [2.75, 3.05) is 0 Å². The smallest absolute Gasteiger partial charge is 0.0480 e. The van der Waals surface area contributed by atoms with Crippen LogP contribution in [0, 0.1) is 5.92 Å². The van der Waals surface area contributed by atoms with Crippen LogP contribution in [-0.4, -0.2) is 5.71 Å². The van der Waals surface area contributed by atoms with Gasteiger partial charge in [0.15, 0.2) is 0 Å². The van der Waals surface area contributed by atoms with Crippen LogP contribution in [0.15, 0.2) is 58.4 Å². The fourth-order valence-corrected chi connectivity index (χ4v) is 2.04. The van der Waals surface area contributed by atoms with Crippen molar-refractivity contribution in [3.05, 3.63) is 53.5 Å². The normalized spacial score (nSPS) is 25.8. The van der Waals surface area contributed by atoms with Crippen molar-refractivity contribution < 1.29 is 0 Å². The quantitative estimate of drug-likeness (QED) is 0.574. The SMILES string of the molecule is CC/C1=C(C)/C=C/C=C\N=C(\CCC(C)C)C=C=CC1. The van der Waals surface area contributed by atoms with E-state index in [-0.39, 0.29) is 0 Å². The van der Waals surface area contributed by atoms with Crippen molar-refractivity contribution in [1.82, 2.24) is 0 Å². The van der Waals surface area contributed by atoms with Gasteiger partial charge >= 0.3 is 0 Å². The van der Waals surface area contributed by atoms with Gasteiger partial charge in [0.2, 0.25) is 0 Å². The average Bonchev–Trinajstić information content (AvgIpc) is 2.41. The number of hydrogen-bond donors (Lipinski definition) is 0. The second-order valence-electron chi connectivity index (χ2n) is 5.61. The highest BCUT2D eigenvalue weighted by Gasteiger charge is 1.98. The Hall–Kier alpha value is -1.59. The molecule has 0 amide bonds. The molecule has 0 bridgehead atoms. The number of rotatable bonds is 4. The minimum atomic E-state index is 0.706. The van der Waals surface area contributed by atoms with E-state index in [2.05, 4.69) is 56.6 Å². The van der Waals surface area contributed by atoms with Crippen molar-refractivity contribution in [3.63, 3.8) is 0 Å². The van der Waals surface area contributed by atoms with E-state index < -0.39 is 0 Å². The molecule has 0 radical (unpaired) electrons. The third kappa shape index (κ3) is 6.54. The summed E-state index contributed by atoms with van der Waals surface area (Å²) in [6.07, 6.45) is 16.5. The molecule has 1 aliphatic rings. The van der Waals surface area contributed by atoms with Crippen LogP contribution in [-0.2, 0) is 0 Å². The van der Waals surface area contributed by atoms with Gasteiger partial charge in [-0.1, -0.05) is 44.1 Å². The lowest BCUT2D eigenvalue weighted by atomic mass is 10.0. The molecule has 1 heteroatoms. The summed E-state index contributed by atoms with van der Waals surface area (Å²) in [6, 6.07) is 0. The lowest BCUT2D eigenvalue weighted by molar-refractivity contribution is 0.604. The summed E-state index contributed by atoms with van der Waals surface area (Å²) in [5.74, 6) is 0.706. The van der Waals surface area contributed by atoms with Gasteiger partial charge in [-0.2, -0.15) is 0 Å². The first-order valence-corrected chi connectivity index (χ1v) is 7.63. The standard InChI is InChI=1S/C19H27N/c1-5-18-11-6-7-12-19(14-13-16(2)3)20-15-9-8-10-17(18)4/h6,8-10,12,15-16H,5,11,13-14H2,1-4H3/b10-8+,15-9-,18-17-,20-19+. The summed E-state index contributed by atoms with van der Waals surface area (Å²) in [5, 5.41) is 0. The van der Waals surface area contributed by atoms with Crippen LogP contribution in [0.2, 0.25) is 0 Å². The predicted molar refractivity (Wildman–Crippen MR) is 90.0 cm³/mol. The molecule has 0 spiro atoms. The van der Waals surface area contributed by atoms with Crippen LogP contribution in [0.4, 0.5) is 0 Å². The maximum atomic E-state index is 4.52. The monoisotopic (exact) mass is 269 g/mol. The van der Waals surface area contributed by atoms with Crippen molar-refractivity contribution in [2.24, 2.45) is 10.9 Å². The molecule has 0 aromatic carbocycles. The molecule has 0 aliphatic carbocycles. The molecule has 0 N–H and O–H groups in total. The fourth-order valence-electron chi connectivity index (χ4n) is 2.04. The molecule has 20 heavy (non-hydrogen) atoms. The van der Waals surface area contributed by atoms with Gasteiger partial charge in [0.25, 0.3) is 0 Å². The number of hydrogen-bond acceptors (Lipinski definition) is 1. The van der Waals surface area contributed by atoms with Gasteiger partial charge in [0, 0.05) is 18.0 Å². The molecule has 0 aromatic rings. The fraction of sp³-hybridized carbons (Fsp3) is 0.474. The van der Waals surface area contributed by atoms with Gasteiger partial charge in [0.1, 0.15) is 0 Å². The predicted octanol–water partition coefficient (Wildman–Crippen LogP) is 5.78. The van der Waals surface area contributed by atoms with Crippen LogP contribution in [0.1, 0.15) is 53.4 Å². The maximum absolute atomic E-state index is 4.52. The molecule has 0 saturated heterocycles. The zero-order valence-corrected chi connectivity index (χ0v) is 13.3. The second kappa shape index (κ2) is 9.34. The summed E-state index contributed by atoms with van der Waals surface area (Å²) in [6.45, 7) is 8.87. The first-order valence-electron chi connectivity index (χ1n) is 7.63. The third-order valence-corrected chi connectivity index (χ3v) is 3.46. The van der Waals surface area contributed by atoms with E-state index in [0.717, 1.165) is 25.0 Å². The van der Waals surface area contributed by atoms with Crippen LogP contribution in [0.5, 0.6) is 0 Å². The van der Waals surface area contributed by atoms with E-state index in [1.54, 1.807) is 0 Å². The molecule has 0 unspecified atom stereocenters. The molecule has 1 nitrogen and oxygen atoms in total. The zero-order valence-electron chi connectivity index (χ0n) is 13.3. The lowest BCUT2D eigenvalue weighted by Gasteiger charge is -2.04. The van der Waals surface area contributed by atoms with Crippen molar-refractivity contribution >= 4 is 5.71 Å². The molecular weight excluding hydrogens is 242 g/mol. The van der Waals surface area contributed by atoms with Crippen molar-refractivity contribution in [3.8, 4) is 0 Å². The first-order chi connectivity index (χ1) is 9.63. The Morgan fingerprint density at radius 1 is 1.30 bits per heavy atom. The van der Waals surface area contributed by atoms with Gasteiger partial charge in [0.05, 0.1) is 0 Å². The molecule has 1 heterocycles. The van der Waals surface area contributed by atoms with E-state index in [1.165, 1.54) is 17.6 Å². The minimum absolute atomic E-state index is 0.706. The van der Waals surface area contributed by atoms with Gasteiger partial charge in [-0.05, 0) is 50.7 Å². The molecule has 1 rings (SSSR count). The van der Waals surface area contributed by atoms with Gasteiger partial charge in [-0.25, -0.2) is 0 Å². The van der Waals surface area contributed by atoms with Gasteiger partial charge in [-0.3, -0.25) is 4.99 Å². The topological polar surface area (TPSA) is 12.4 Å². The lowest BCUT2D eigenvalue weighted by Crippen LogP contribution is -1.96. The summed E-state index contributed by atoms with van der Waals surface area (Å²) in [7, 11) is 0. The molecule has 0 saturated carbocycles. The summed E-state index contributed by atoms with van der Waals surface area (Å²) < 4.78 is 0. The average molecular weight is 269 g/mol. The molecule has 0 fully saturated rings. The third-order valence-electron chi connectivity index (χ3n) is 3.46. The van der Waals surface area contributed by atoms with E-state index in [0.29, 0.717) is 5.92 Å². The van der Waals surface area contributed by atoms with E-state index in [9.17, 15) is 0 Å². The highest BCUT2D eigenvalue weighted by Crippen LogP contribution is 2.15. The first kappa shape index (κ1) is 16.5. The number of allylic oxidation sites excluding steroid dienone is 6. The number of nitrogens with zero attached hydrogens (tertiary/aromatic N) is 1. The molecule has 1 aliphatic heterocycles. The van der Waals surface area contributed by atoms with E-state index in [1.807, 2.05) is 18.4 Å². The largest absolute Gasteiger partial charge is 0.261 e. The molecule has 0 aromatic heterocycles. The van der Waals surface area contributed by atoms with Crippen LogP contribution >= 0.6 is 0 Å². The molecule has 108 valence electrons. The van der Waals surface area contributed by atoms with Crippen LogP contribution < -0.4 is 0 Å². The van der Waals surface area contributed by atoms with Gasteiger partial charge in [-0.15, -0.1) is 5.73 Å². The van der Waals surface area contributed by atoms with Crippen LogP contribution in [0.3, 0.4) is 0 Å². The van der Waals surface area contributed by atoms with E-state index in [4.69, 9.17) is 0 Å². The number of aliphatic imine (C=N–C) groups is 1. The maximum Gasteiger partial charge on any atom is 0.0480 e. The van der Waals surface area contributed by atoms with Crippen molar-refractivity contribution in [2.45, 2.75) is 53.4 Å². The summed E-state index contributed by atoms with van der Waals surface area (Å²) in [4.78, 5) is 4.52. The summed E-state index contributed by atoms with van der Waals surface area (Å²) >= 11 is 0. The summed E-state index contributed by atoms with van der Waals surface area (Å²) in [5.41, 5.74) is 7.22. The van der Waals surface area contributed by atoms with Crippen LogP contribution in [0.25, 0.3) is 0 Å². The Bertz CT molecular complexity index is 478. The zero-order chi connectivity index (χ0) is 14.8. The highest BCUT2D eigenvalue weighted by molar-refractivity contribution is 5.95. The van der Waals surface area contributed by atoms with Crippen molar-refractivity contribution in [1.29, 1.82) is 0 Å². The molecule has 0 atom stereocenters.